The van der Waals surface area contributed by atoms with Gasteiger partial charge in [0.25, 0.3) is 5.91 Å². The van der Waals surface area contributed by atoms with Crippen molar-refractivity contribution in [1.82, 2.24) is 14.9 Å². The summed E-state index contributed by atoms with van der Waals surface area (Å²) in [6.07, 6.45) is 1.72. The molecule has 1 aromatic carbocycles. The number of carbonyl (C=O) groups is 1. The lowest BCUT2D eigenvalue weighted by Gasteiger charge is -2.18. The second-order valence-electron chi connectivity index (χ2n) is 6.15. The van der Waals surface area contributed by atoms with E-state index in [0.717, 1.165) is 25.8 Å². The third-order valence-electron chi connectivity index (χ3n) is 4.24. The molecule has 6 heteroatoms. The van der Waals surface area contributed by atoms with Crippen LogP contribution in [-0.4, -0.2) is 27.8 Å². The van der Waals surface area contributed by atoms with Crippen molar-refractivity contribution in [2.45, 2.75) is 6.54 Å². The molecule has 4 rings (SSSR count). The number of hydrogen-bond donors (Lipinski definition) is 0. The highest BCUT2D eigenvalue weighted by atomic mass is 35.5. The van der Waals surface area contributed by atoms with Gasteiger partial charge >= 0.3 is 0 Å². The number of hydrogen-bond acceptors (Lipinski definition) is 4. The van der Waals surface area contributed by atoms with Gasteiger partial charge in [0.2, 0.25) is 0 Å². The lowest BCUT2D eigenvalue weighted by atomic mass is 10.0. The predicted molar refractivity (Wildman–Crippen MR) is 110 cm³/mol. The second kappa shape index (κ2) is 7.47. The summed E-state index contributed by atoms with van der Waals surface area (Å²) in [5, 5.41) is 0.832. The molecule has 0 atom stereocenters. The van der Waals surface area contributed by atoms with E-state index in [1.807, 2.05) is 60.7 Å². The summed E-state index contributed by atoms with van der Waals surface area (Å²) < 4.78 is 0.720. The first-order chi connectivity index (χ1) is 13.1. The molecule has 0 aliphatic heterocycles. The van der Waals surface area contributed by atoms with Crippen LogP contribution in [0.15, 0.2) is 66.9 Å². The quantitative estimate of drug-likeness (QED) is 0.473. The topological polar surface area (TPSA) is 46.1 Å². The predicted octanol–water partition coefficient (Wildman–Crippen LogP) is 5.28. The monoisotopic (exact) mass is 393 g/mol. The van der Waals surface area contributed by atoms with Crippen molar-refractivity contribution in [1.29, 1.82) is 0 Å². The fourth-order valence-corrected chi connectivity index (χ4v) is 4.09. The van der Waals surface area contributed by atoms with Gasteiger partial charge in [-0.2, -0.15) is 0 Å². The number of para-hydroxylation sites is 1. The molecule has 0 N–H and O–H groups in total. The molecule has 0 bridgehead atoms. The molecule has 134 valence electrons. The van der Waals surface area contributed by atoms with E-state index in [4.69, 9.17) is 11.6 Å². The van der Waals surface area contributed by atoms with Crippen LogP contribution in [0.2, 0.25) is 4.34 Å². The van der Waals surface area contributed by atoms with E-state index in [1.54, 1.807) is 18.1 Å². The van der Waals surface area contributed by atoms with Gasteiger partial charge in [-0.25, -0.2) is 4.98 Å². The molecular weight excluding hydrogens is 378 g/mol. The van der Waals surface area contributed by atoms with Crippen molar-refractivity contribution < 1.29 is 4.79 Å². The molecule has 4 aromatic rings. The summed E-state index contributed by atoms with van der Waals surface area (Å²) in [6, 6.07) is 19.0. The van der Waals surface area contributed by atoms with Gasteiger partial charge in [0, 0.05) is 23.5 Å². The van der Waals surface area contributed by atoms with Crippen LogP contribution >= 0.6 is 22.9 Å². The lowest BCUT2D eigenvalue weighted by Crippen LogP contribution is -2.26. The van der Waals surface area contributed by atoms with E-state index in [0.29, 0.717) is 17.8 Å². The van der Waals surface area contributed by atoms with Crippen LogP contribution in [-0.2, 0) is 6.54 Å². The number of pyridine rings is 2. The number of fused-ring (bicyclic) bond motifs is 1. The van der Waals surface area contributed by atoms with Crippen molar-refractivity contribution in [2.24, 2.45) is 0 Å². The van der Waals surface area contributed by atoms with E-state index in [9.17, 15) is 4.79 Å². The standard InChI is InChI=1S/C21H16ClN3OS/c1-25(13-14-9-10-20(22)27-14)21(26)16-12-19(18-8-4-5-11-23-18)24-17-7-3-2-6-15(16)17/h2-12H,13H2,1H3. The van der Waals surface area contributed by atoms with Gasteiger partial charge in [-0.3, -0.25) is 9.78 Å². The Bertz CT molecular complexity index is 1110. The average Bonchev–Trinajstić information content (AvgIpc) is 3.11. The molecule has 27 heavy (non-hydrogen) atoms. The van der Waals surface area contributed by atoms with Crippen molar-refractivity contribution in [2.75, 3.05) is 7.05 Å². The fourth-order valence-electron chi connectivity index (χ4n) is 2.95. The van der Waals surface area contributed by atoms with Gasteiger partial charge in [0.1, 0.15) is 0 Å². The van der Waals surface area contributed by atoms with Crippen molar-refractivity contribution in [3.05, 3.63) is 81.6 Å². The Labute approximate surface area is 166 Å². The summed E-state index contributed by atoms with van der Waals surface area (Å²) in [4.78, 5) is 25.0. The molecule has 0 radical (unpaired) electrons. The van der Waals surface area contributed by atoms with E-state index in [1.165, 1.54) is 11.3 Å². The summed E-state index contributed by atoms with van der Waals surface area (Å²) in [6.45, 7) is 0.506. The number of benzene rings is 1. The second-order valence-corrected chi connectivity index (χ2v) is 7.95. The highest BCUT2D eigenvalue weighted by molar-refractivity contribution is 7.16. The Balaban J connectivity index is 1.76. The molecule has 0 unspecified atom stereocenters. The first kappa shape index (κ1) is 17.6. The van der Waals surface area contributed by atoms with E-state index in [-0.39, 0.29) is 5.91 Å². The Kier molecular flexibility index (Phi) is 4.88. The fraction of sp³-hybridized carbons (Fsp3) is 0.0952. The maximum atomic E-state index is 13.2. The van der Waals surface area contributed by atoms with Gasteiger partial charge in [0.05, 0.1) is 33.3 Å². The summed E-state index contributed by atoms with van der Waals surface area (Å²) in [5.74, 6) is -0.0599. The minimum Gasteiger partial charge on any atom is -0.337 e. The normalized spacial score (nSPS) is 10.9. The zero-order valence-electron chi connectivity index (χ0n) is 14.6. The van der Waals surface area contributed by atoms with Crippen molar-refractivity contribution in [3.8, 4) is 11.4 Å². The summed E-state index contributed by atoms with van der Waals surface area (Å²) >= 11 is 7.49. The zero-order chi connectivity index (χ0) is 18.8. The maximum absolute atomic E-state index is 13.2. The molecule has 1 amide bonds. The lowest BCUT2D eigenvalue weighted by molar-refractivity contribution is 0.0788. The van der Waals surface area contributed by atoms with E-state index in [2.05, 4.69) is 9.97 Å². The molecule has 0 aliphatic carbocycles. The minimum atomic E-state index is -0.0599. The molecule has 0 fully saturated rings. The molecule has 0 saturated heterocycles. The highest BCUT2D eigenvalue weighted by Crippen LogP contribution is 2.26. The number of halogens is 1. The molecule has 4 nitrogen and oxygen atoms in total. The third-order valence-corrected chi connectivity index (χ3v) is 5.46. The molecule has 0 spiro atoms. The van der Waals surface area contributed by atoms with E-state index < -0.39 is 0 Å². The van der Waals surface area contributed by atoms with Crippen LogP contribution in [0.25, 0.3) is 22.3 Å². The number of nitrogens with zero attached hydrogens (tertiary/aromatic N) is 3. The Morgan fingerprint density at radius 3 is 2.63 bits per heavy atom. The Hall–Kier alpha value is -2.76. The van der Waals surface area contributed by atoms with Crippen LogP contribution in [0.1, 0.15) is 15.2 Å². The number of rotatable bonds is 4. The van der Waals surface area contributed by atoms with Gasteiger partial charge in [0.15, 0.2) is 0 Å². The van der Waals surface area contributed by atoms with Crippen LogP contribution in [0.4, 0.5) is 0 Å². The molecule has 3 aromatic heterocycles. The number of thiophene rings is 1. The molecular formula is C21H16ClN3OS. The van der Waals surface area contributed by atoms with Crippen LogP contribution < -0.4 is 0 Å². The van der Waals surface area contributed by atoms with Crippen LogP contribution in [0.3, 0.4) is 0 Å². The average molecular weight is 394 g/mol. The summed E-state index contributed by atoms with van der Waals surface area (Å²) in [7, 11) is 1.80. The SMILES string of the molecule is CN(Cc1ccc(Cl)s1)C(=O)c1cc(-c2ccccn2)nc2ccccc12. The molecule has 0 aliphatic rings. The minimum absolute atomic E-state index is 0.0599. The smallest absolute Gasteiger partial charge is 0.254 e. The van der Waals surface area contributed by atoms with Gasteiger partial charge < -0.3 is 4.90 Å². The molecule has 0 saturated carbocycles. The largest absolute Gasteiger partial charge is 0.337 e. The van der Waals surface area contributed by atoms with Crippen molar-refractivity contribution in [3.63, 3.8) is 0 Å². The Morgan fingerprint density at radius 1 is 1.07 bits per heavy atom. The number of carbonyl (C=O) groups excluding carboxylic acids is 1. The first-order valence-electron chi connectivity index (χ1n) is 8.43. The summed E-state index contributed by atoms with van der Waals surface area (Å²) in [5.41, 5.74) is 2.82. The first-order valence-corrected chi connectivity index (χ1v) is 9.62. The van der Waals surface area contributed by atoms with Crippen LogP contribution in [0.5, 0.6) is 0 Å². The van der Waals surface area contributed by atoms with Gasteiger partial charge in [-0.15, -0.1) is 11.3 Å². The molecule has 3 heterocycles. The van der Waals surface area contributed by atoms with Gasteiger partial charge in [-0.1, -0.05) is 35.9 Å². The van der Waals surface area contributed by atoms with Gasteiger partial charge in [-0.05, 0) is 36.4 Å². The van der Waals surface area contributed by atoms with E-state index >= 15 is 0 Å². The Morgan fingerprint density at radius 2 is 1.89 bits per heavy atom. The number of aromatic nitrogens is 2. The highest BCUT2D eigenvalue weighted by Gasteiger charge is 2.18. The third kappa shape index (κ3) is 3.70. The van der Waals surface area contributed by atoms with Crippen molar-refractivity contribution >= 4 is 39.7 Å². The zero-order valence-corrected chi connectivity index (χ0v) is 16.2. The number of amides is 1. The maximum Gasteiger partial charge on any atom is 0.254 e. The van der Waals surface area contributed by atoms with Crippen LogP contribution in [0, 0.1) is 0 Å².